The van der Waals surface area contributed by atoms with Crippen molar-refractivity contribution in [3.05, 3.63) is 48.4 Å². The van der Waals surface area contributed by atoms with E-state index in [4.69, 9.17) is 4.42 Å². The van der Waals surface area contributed by atoms with Crippen LogP contribution in [-0.2, 0) is 21.2 Å². The van der Waals surface area contributed by atoms with Crippen LogP contribution in [0.2, 0.25) is 0 Å². The molecule has 1 fully saturated rings. The molecular formula is C17H20N2O4S. The van der Waals surface area contributed by atoms with E-state index in [0.717, 1.165) is 17.9 Å². The van der Waals surface area contributed by atoms with Crippen molar-refractivity contribution in [1.82, 2.24) is 4.31 Å². The second kappa shape index (κ2) is 6.78. The van der Waals surface area contributed by atoms with E-state index >= 15 is 0 Å². The lowest BCUT2D eigenvalue weighted by molar-refractivity contribution is -0.117. The van der Waals surface area contributed by atoms with Gasteiger partial charge < -0.3 is 9.32 Å². The molecule has 0 aliphatic carbocycles. The fourth-order valence-electron chi connectivity index (χ4n) is 2.74. The number of nitrogens with zero attached hydrogens (tertiary/aromatic N) is 2. The molecule has 24 heavy (non-hydrogen) atoms. The van der Waals surface area contributed by atoms with Gasteiger partial charge in [0.15, 0.2) is 0 Å². The first-order valence-electron chi connectivity index (χ1n) is 7.87. The molecule has 0 atom stereocenters. The molecule has 0 N–H and O–H groups in total. The first-order valence-corrected chi connectivity index (χ1v) is 9.31. The van der Waals surface area contributed by atoms with Crippen molar-refractivity contribution in [2.45, 2.75) is 24.2 Å². The summed E-state index contributed by atoms with van der Waals surface area (Å²) in [4.78, 5) is 13.7. The molecule has 2 aromatic rings. The smallest absolute Gasteiger partial charge is 0.242 e. The van der Waals surface area contributed by atoms with Crippen LogP contribution in [0.15, 0.2) is 52.0 Å². The molecule has 2 heterocycles. The number of sulfonamides is 1. The Morgan fingerprint density at radius 3 is 2.54 bits per heavy atom. The van der Waals surface area contributed by atoms with Crippen LogP contribution < -0.4 is 4.90 Å². The molecule has 7 heteroatoms. The van der Waals surface area contributed by atoms with E-state index < -0.39 is 10.0 Å². The van der Waals surface area contributed by atoms with Crippen LogP contribution in [-0.4, -0.2) is 38.8 Å². The largest absolute Gasteiger partial charge is 0.469 e. The quantitative estimate of drug-likeness (QED) is 0.803. The van der Waals surface area contributed by atoms with Gasteiger partial charge in [-0.2, -0.15) is 0 Å². The van der Waals surface area contributed by atoms with Crippen molar-refractivity contribution in [2.24, 2.45) is 0 Å². The molecule has 1 aromatic heterocycles. The number of carbonyl (C=O) groups excluding carboxylic acids is 1. The molecule has 0 spiro atoms. The maximum Gasteiger partial charge on any atom is 0.242 e. The van der Waals surface area contributed by atoms with E-state index in [0.29, 0.717) is 25.9 Å². The zero-order valence-electron chi connectivity index (χ0n) is 13.5. The molecule has 0 bridgehead atoms. The number of likely N-dealkylation sites (N-methyl/N-ethyl adjacent to an activating group) is 1. The zero-order valence-corrected chi connectivity index (χ0v) is 14.3. The van der Waals surface area contributed by atoms with Gasteiger partial charge in [0, 0.05) is 38.7 Å². The Kier molecular flexibility index (Phi) is 4.73. The summed E-state index contributed by atoms with van der Waals surface area (Å²) >= 11 is 0. The SMILES string of the molecule is CN(CCc1ccco1)S(=O)(=O)c1ccc(N2CCCC2=O)cc1. The monoisotopic (exact) mass is 348 g/mol. The van der Waals surface area contributed by atoms with Crippen molar-refractivity contribution in [1.29, 1.82) is 0 Å². The summed E-state index contributed by atoms with van der Waals surface area (Å²) < 4.78 is 31.7. The molecule has 1 aliphatic heterocycles. The fourth-order valence-corrected chi connectivity index (χ4v) is 3.91. The van der Waals surface area contributed by atoms with E-state index in [2.05, 4.69) is 0 Å². The molecule has 128 valence electrons. The van der Waals surface area contributed by atoms with Gasteiger partial charge in [-0.15, -0.1) is 0 Å². The van der Waals surface area contributed by atoms with Gasteiger partial charge in [-0.05, 0) is 42.8 Å². The molecule has 1 saturated heterocycles. The molecule has 1 amide bonds. The molecule has 3 rings (SSSR count). The lowest BCUT2D eigenvalue weighted by Crippen LogP contribution is -2.29. The first-order chi connectivity index (χ1) is 11.5. The number of hydrogen-bond acceptors (Lipinski definition) is 4. The summed E-state index contributed by atoms with van der Waals surface area (Å²) in [5.41, 5.74) is 0.745. The lowest BCUT2D eigenvalue weighted by atomic mass is 10.3. The van der Waals surface area contributed by atoms with Crippen LogP contribution in [0.4, 0.5) is 5.69 Å². The van der Waals surface area contributed by atoms with Crippen molar-refractivity contribution in [3.8, 4) is 0 Å². The molecule has 0 saturated carbocycles. The average Bonchev–Trinajstić information content (AvgIpc) is 3.24. The Hall–Kier alpha value is -2.12. The van der Waals surface area contributed by atoms with Gasteiger partial charge in [0.25, 0.3) is 0 Å². The van der Waals surface area contributed by atoms with Gasteiger partial charge >= 0.3 is 0 Å². The Labute approximate surface area is 141 Å². The van der Waals surface area contributed by atoms with Crippen LogP contribution in [0, 0.1) is 0 Å². The van der Waals surface area contributed by atoms with E-state index in [1.54, 1.807) is 48.5 Å². The Morgan fingerprint density at radius 1 is 1.21 bits per heavy atom. The summed E-state index contributed by atoms with van der Waals surface area (Å²) in [5.74, 6) is 0.834. The number of amides is 1. The number of anilines is 1. The summed E-state index contributed by atoms with van der Waals surface area (Å²) in [6.07, 6.45) is 3.48. The van der Waals surface area contributed by atoms with Crippen LogP contribution in [0.1, 0.15) is 18.6 Å². The molecular weight excluding hydrogens is 328 g/mol. The molecule has 6 nitrogen and oxygen atoms in total. The predicted molar refractivity (Wildman–Crippen MR) is 90.3 cm³/mol. The Morgan fingerprint density at radius 2 is 1.96 bits per heavy atom. The summed E-state index contributed by atoms with van der Waals surface area (Å²) in [6, 6.07) is 10.1. The van der Waals surface area contributed by atoms with Gasteiger partial charge in [-0.3, -0.25) is 4.79 Å². The van der Waals surface area contributed by atoms with Crippen molar-refractivity contribution in [2.75, 3.05) is 25.0 Å². The average molecular weight is 348 g/mol. The van der Waals surface area contributed by atoms with Gasteiger partial charge in [0.2, 0.25) is 15.9 Å². The van der Waals surface area contributed by atoms with E-state index in [1.165, 1.54) is 4.31 Å². The van der Waals surface area contributed by atoms with Crippen molar-refractivity contribution < 1.29 is 17.6 Å². The maximum atomic E-state index is 12.6. The third kappa shape index (κ3) is 3.37. The lowest BCUT2D eigenvalue weighted by Gasteiger charge is -2.19. The maximum absolute atomic E-state index is 12.6. The minimum Gasteiger partial charge on any atom is -0.469 e. The van der Waals surface area contributed by atoms with E-state index in [-0.39, 0.29) is 10.8 Å². The van der Waals surface area contributed by atoms with Crippen molar-refractivity contribution >= 4 is 21.6 Å². The topological polar surface area (TPSA) is 70.8 Å². The second-order valence-electron chi connectivity index (χ2n) is 5.80. The minimum absolute atomic E-state index is 0.0844. The Balaban J connectivity index is 1.70. The second-order valence-corrected chi connectivity index (χ2v) is 7.84. The van der Waals surface area contributed by atoms with Gasteiger partial charge in [-0.1, -0.05) is 0 Å². The van der Waals surface area contributed by atoms with Crippen LogP contribution in [0.25, 0.3) is 0 Å². The third-order valence-electron chi connectivity index (χ3n) is 4.18. The van der Waals surface area contributed by atoms with Crippen LogP contribution in [0.3, 0.4) is 0 Å². The first kappa shape index (κ1) is 16.7. The van der Waals surface area contributed by atoms with Crippen molar-refractivity contribution in [3.63, 3.8) is 0 Å². The highest BCUT2D eigenvalue weighted by molar-refractivity contribution is 7.89. The highest BCUT2D eigenvalue weighted by Crippen LogP contribution is 2.24. The number of hydrogen-bond donors (Lipinski definition) is 0. The van der Waals surface area contributed by atoms with Gasteiger partial charge in [0.1, 0.15) is 5.76 Å². The van der Waals surface area contributed by atoms with Crippen LogP contribution >= 0.6 is 0 Å². The van der Waals surface area contributed by atoms with Gasteiger partial charge in [-0.25, -0.2) is 12.7 Å². The van der Waals surface area contributed by atoms with E-state index in [9.17, 15) is 13.2 Å². The molecule has 0 radical (unpaired) electrons. The van der Waals surface area contributed by atoms with Crippen LogP contribution in [0.5, 0.6) is 0 Å². The minimum atomic E-state index is -3.56. The number of carbonyl (C=O) groups is 1. The summed E-state index contributed by atoms with van der Waals surface area (Å²) in [7, 11) is -2.01. The number of benzene rings is 1. The molecule has 1 aliphatic rings. The summed E-state index contributed by atoms with van der Waals surface area (Å²) in [5, 5.41) is 0. The molecule has 1 aromatic carbocycles. The van der Waals surface area contributed by atoms with Gasteiger partial charge in [0.05, 0.1) is 11.2 Å². The Bertz CT molecular complexity index is 798. The predicted octanol–water partition coefficient (Wildman–Crippen LogP) is 2.27. The summed E-state index contributed by atoms with van der Waals surface area (Å²) in [6.45, 7) is 1.02. The highest BCUT2D eigenvalue weighted by Gasteiger charge is 2.24. The molecule has 0 unspecified atom stereocenters. The zero-order chi connectivity index (χ0) is 17.2. The number of furan rings is 1. The van der Waals surface area contributed by atoms with E-state index in [1.807, 2.05) is 6.07 Å². The normalized spacial score (nSPS) is 15.4. The standard InChI is InChI=1S/C17H20N2O4S/c1-18(12-10-15-4-3-13-23-15)24(21,22)16-8-6-14(7-9-16)19-11-2-5-17(19)20/h3-4,6-9,13H,2,5,10-12H2,1H3. The highest BCUT2D eigenvalue weighted by atomic mass is 32.2. The number of rotatable bonds is 6. The fraction of sp³-hybridized carbons (Fsp3) is 0.353. The third-order valence-corrected chi connectivity index (χ3v) is 6.05.